The van der Waals surface area contributed by atoms with E-state index in [1.54, 1.807) is 9.91 Å². The molecule has 2 aromatic rings. The zero-order valence-electron chi connectivity index (χ0n) is 21.3. The van der Waals surface area contributed by atoms with E-state index in [9.17, 15) is 9.59 Å². The third kappa shape index (κ3) is 5.27. The fourth-order valence-corrected chi connectivity index (χ4v) is 4.85. The normalized spacial score (nSPS) is 17.4. The number of hydrogen-bond acceptors (Lipinski definition) is 4. The Morgan fingerprint density at radius 2 is 1.53 bits per heavy atom. The number of anilines is 1. The molecule has 0 aromatic heterocycles. The van der Waals surface area contributed by atoms with Gasteiger partial charge in [0.1, 0.15) is 5.54 Å². The van der Waals surface area contributed by atoms with Crippen LogP contribution in [0.4, 0.5) is 10.5 Å². The van der Waals surface area contributed by atoms with Crippen LogP contribution in [0.3, 0.4) is 0 Å². The monoisotopic (exact) mass is 465 g/mol. The van der Waals surface area contributed by atoms with E-state index in [-0.39, 0.29) is 11.8 Å². The van der Waals surface area contributed by atoms with Crippen molar-refractivity contribution in [1.29, 1.82) is 0 Å². The Morgan fingerprint density at radius 3 is 2.12 bits per heavy atom. The molecule has 184 valence electrons. The molecule has 0 saturated carbocycles. The van der Waals surface area contributed by atoms with Gasteiger partial charge in [0.25, 0.3) is 5.91 Å². The van der Waals surface area contributed by atoms with Crippen molar-refractivity contribution >= 4 is 17.7 Å². The number of hydrogen-bond donors (Lipinski definition) is 0. The van der Waals surface area contributed by atoms with Crippen LogP contribution < -0.4 is 5.01 Å². The summed E-state index contributed by atoms with van der Waals surface area (Å²) >= 11 is 0. The molecule has 1 atom stereocenters. The zero-order valence-corrected chi connectivity index (χ0v) is 21.3. The molecule has 0 bridgehead atoms. The third-order valence-corrected chi connectivity index (χ3v) is 6.61. The summed E-state index contributed by atoms with van der Waals surface area (Å²) in [4.78, 5) is 29.7. The highest BCUT2D eigenvalue weighted by molar-refractivity contribution is 6.01. The number of fused-ring (bicyclic) bond motifs is 1. The molecule has 0 spiro atoms. The van der Waals surface area contributed by atoms with Crippen LogP contribution in [-0.4, -0.2) is 53.7 Å². The molecule has 0 saturated heterocycles. The van der Waals surface area contributed by atoms with Crippen LogP contribution in [-0.2, 0) is 22.4 Å². The van der Waals surface area contributed by atoms with Crippen molar-refractivity contribution in [2.24, 2.45) is 5.92 Å². The Labute approximate surface area is 204 Å². The summed E-state index contributed by atoms with van der Waals surface area (Å²) in [5.41, 5.74) is 2.13. The maximum atomic E-state index is 14.7. The number of hydrazine groups is 1. The summed E-state index contributed by atoms with van der Waals surface area (Å²) in [7, 11) is 0. The predicted molar refractivity (Wildman–Crippen MR) is 137 cm³/mol. The number of rotatable bonds is 9. The van der Waals surface area contributed by atoms with Gasteiger partial charge in [-0.05, 0) is 48.9 Å². The van der Waals surface area contributed by atoms with E-state index in [1.807, 2.05) is 82.1 Å². The van der Waals surface area contributed by atoms with Gasteiger partial charge in [0.15, 0.2) is 0 Å². The van der Waals surface area contributed by atoms with Crippen molar-refractivity contribution in [2.45, 2.75) is 59.4 Å². The van der Waals surface area contributed by atoms with Gasteiger partial charge in [0.05, 0.1) is 12.3 Å². The second-order valence-corrected chi connectivity index (χ2v) is 9.28. The lowest BCUT2D eigenvalue weighted by Gasteiger charge is -2.48. The van der Waals surface area contributed by atoms with Crippen LogP contribution in [0.15, 0.2) is 54.6 Å². The summed E-state index contributed by atoms with van der Waals surface area (Å²) in [5.74, 6) is 0.137. The lowest BCUT2D eigenvalue weighted by Crippen LogP contribution is -2.66. The summed E-state index contributed by atoms with van der Waals surface area (Å²) in [5, 5.41) is 3.82. The largest absolute Gasteiger partial charge is 0.449 e. The van der Waals surface area contributed by atoms with E-state index in [2.05, 4.69) is 12.1 Å². The highest BCUT2D eigenvalue weighted by atomic mass is 16.6. The standard InChI is InChI=1S/C28H39N3O3/c1-6-29(7-2)31(25-16-10-9-11-17-25)26(32)28(30(8-3)27(33)34-21-22(4)5)19-18-23-14-12-13-15-24(23)20-28/h9-17,22H,6-8,18-21H2,1-5H3. The van der Waals surface area contributed by atoms with Crippen LogP contribution in [0, 0.1) is 5.92 Å². The minimum absolute atomic E-state index is 0.0831. The number of carbonyl (C=O) groups is 2. The number of para-hydroxylation sites is 1. The van der Waals surface area contributed by atoms with Gasteiger partial charge in [-0.15, -0.1) is 0 Å². The molecule has 2 aromatic carbocycles. The van der Waals surface area contributed by atoms with Gasteiger partial charge < -0.3 is 4.74 Å². The van der Waals surface area contributed by atoms with Crippen molar-refractivity contribution < 1.29 is 14.3 Å². The molecule has 1 aliphatic rings. The first kappa shape index (κ1) is 25.8. The molecule has 34 heavy (non-hydrogen) atoms. The van der Waals surface area contributed by atoms with Crippen LogP contribution >= 0.6 is 0 Å². The topological polar surface area (TPSA) is 53.1 Å². The first-order chi connectivity index (χ1) is 16.4. The maximum Gasteiger partial charge on any atom is 0.410 e. The molecule has 2 amide bonds. The number of aryl methyl sites for hydroxylation is 1. The van der Waals surface area contributed by atoms with Crippen molar-refractivity contribution in [1.82, 2.24) is 9.91 Å². The summed E-state index contributed by atoms with van der Waals surface area (Å²) in [6, 6.07) is 18.0. The highest BCUT2D eigenvalue weighted by Gasteiger charge is 2.51. The first-order valence-electron chi connectivity index (χ1n) is 12.5. The third-order valence-electron chi connectivity index (χ3n) is 6.61. The lowest BCUT2D eigenvalue weighted by molar-refractivity contribution is -0.134. The van der Waals surface area contributed by atoms with E-state index in [4.69, 9.17) is 4.74 Å². The average Bonchev–Trinajstić information content (AvgIpc) is 2.86. The number of ether oxygens (including phenoxy) is 1. The van der Waals surface area contributed by atoms with Crippen molar-refractivity contribution in [3.63, 3.8) is 0 Å². The molecule has 0 N–H and O–H groups in total. The van der Waals surface area contributed by atoms with Crippen molar-refractivity contribution in [3.8, 4) is 0 Å². The summed E-state index contributed by atoms with van der Waals surface area (Å²) < 4.78 is 5.67. The molecule has 0 heterocycles. The fraction of sp³-hybridized carbons (Fsp3) is 0.500. The Kier molecular flexibility index (Phi) is 8.72. The van der Waals surface area contributed by atoms with Gasteiger partial charge in [0, 0.05) is 26.1 Å². The fourth-order valence-electron chi connectivity index (χ4n) is 4.85. The first-order valence-corrected chi connectivity index (χ1v) is 12.5. The quantitative estimate of drug-likeness (QED) is 0.471. The molecule has 1 aliphatic carbocycles. The lowest BCUT2D eigenvalue weighted by atomic mass is 9.76. The SMILES string of the molecule is CCN(CC)N(C(=O)C1(N(CC)C(=O)OCC(C)C)CCc2ccccc2C1)c1ccccc1. The van der Waals surface area contributed by atoms with Gasteiger partial charge in [-0.25, -0.2) is 14.8 Å². The van der Waals surface area contributed by atoms with Crippen molar-refractivity contribution in [2.75, 3.05) is 31.3 Å². The van der Waals surface area contributed by atoms with Gasteiger partial charge in [-0.1, -0.05) is 70.2 Å². The summed E-state index contributed by atoms with van der Waals surface area (Å²) in [6.07, 6.45) is 1.34. The number of amides is 2. The van der Waals surface area contributed by atoms with Crippen LogP contribution in [0.5, 0.6) is 0 Å². The van der Waals surface area contributed by atoms with E-state index in [0.29, 0.717) is 39.1 Å². The molecule has 1 unspecified atom stereocenters. The van der Waals surface area contributed by atoms with Crippen LogP contribution in [0.1, 0.15) is 52.2 Å². The second kappa shape index (κ2) is 11.5. The zero-order chi connectivity index (χ0) is 24.7. The van der Waals surface area contributed by atoms with Crippen molar-refractivity contribution in [3.05, 3.63) is 65.7 Å². The number of likely N-dealkylation sites (N-methyl/N-ethyl adjacent to an activating group) is 1. The molecule has 3 rings (SSSR count). The molecule has 6 nitrogen and oxygen atoms in total. The molecule has 0 aliphatic heterocycles. The minimum Gasteiger partial charge on any atom is -0.449 e. The average molecular weight is 466 g/mol. The molecule has 0 radical (unpaired) electrons. The van der Waals surface area contributed by atoms with Crippen LogP contribution in [0.25, 0.3) is 0 Å². The van der Waals surface area contributed by atoms with E-state index in [0.717, 1.165) is 17.7 Å². The Bertz CT molecular complexity index is 958. The number of carbonyl (C=O) groups excluding carboxylic acids is 2. The molecular weight excluding hydrogens is 426 g/mol. The van der Waals surface area contributed by atoms with Gasteiger partial charge in [-0.2, -0.15) is 0 Å². The van der Waals surface area contributed by atoms with E-state index < -0.39 is 11.6 Å². The number of benzene rings is 2. The van der Waals surface area contributed by atoms with Gasteiger partial charge in [-0.3, -0.25) is 9.69 Å². The van der Waals surface area contributed by atoms with Gasteiger partial charge >= 0.3 is 6.09 Å². The van der Waals surface area contributed by atoms with E-state index in [1.165, 1.54) is 5.56 Å². The van der Waals surface area contributed by atoms with Gasteiger partial charge in [0.2, 0.25) is 0 Å². The Balaban J connectivity index is 2.12. The second-order valence-electron chi connectivity index (χ2n) is 9.28. The molecular formula is C28H39N3O3. The summed E-state index contributed by atoms with van der Waals surface area (Å²) in [6.45, 7) is 12.1. The highest BCUT2D eigenvalue weighted by Crippen LogP contribution is 2.37. The molecule has 6 heteroatoms. The molecule has 0 fully saturated rings. The Hall–Kier alpha value is -2.86. The predicted octanol–water partition coefficient (Wildman–Crippen LogP) is 5.32. The Morgan fingerprint density at radius 1 is 0.912 bits per heavy atom. The minimum atomic E-state index is -1.03. The number of nitrogens with zero attached hydrogens (tertiary/aromatic N) is 3. The van der Waals surface area contributed by atoms with E-state index >= 15 is 0 Å². The van der Waals surface area contributed by atoms with Crippen LogP contribution in [0.2, 0.25) is 0 Å². The maximum absolute atomic E-state index is 14.7. The smallest absolute Gasteiger partial charge is 0.410 e.